The van der Waals surface area contributed by atoms with Crippen LogP contribution < -0.4 is 4.72 Å². The van der Waals surface area contributed by atoms with Gasteiger partial charge in [0, 0.05) is 17.2 Å². The third-order valence-electron chi connectivity index (χ3n) is 4.02. The predicted molar refractivity (Wildman–Crippen MR) is 76.6 cm³/mol. The Kier molecular flexibility index (Phi) is 3.61. The first-order chi connectivity index (χ1) is 9.89. The molecule has 0 aromatic carbocycles. The van der Waals surface area contributed by atoms with Gasteiger partial charge in [-0.1, -0.05) is 36.3 Å². The number of rotatable bonds is 0. The molecule has 0 bridgehead atoms. The van der Waals surface area contributed by atoms with E-state index in [1.165, 1.54) is 18.0 Å². The lowest BCUT2D eigenvalue weighted by Crippen LogP contribution is -2.36. The van der Waals surface area contributed by atoms with Crippen molar-refractivity contribution in [1.29, 1.82) is 0 Å². The molecule has 0 fully saturated rings. The normalized spacial score (nSPS) is 29.4. The number of fused-ring (bicyclic) bond motifs is 2. The van der Waals surface area contributed by atoms with Gasteiger partial charge in [-0.15, -0.1) is 0 Å². The molecule has 0 radical (unpaired) electrons. The summed E-state index contributed by atoms with van der Waals surface area (Å²) in [4.78, 5) is 12.4. The smallest absolute Gasteiger partial charge is 0.289 e. The molecule has 1 aliphatic heterocycles. The van der Waals surface area contributed by atoms with Gasteiger partial charge in [0.2, 0.25) is 0 Å². The van der Waals surface area contributed by atoms with Gasteiger partial charge in [-0.2, -0.15) is 13.2 Å². The topological polar surface area (TPSA) is 29.1 Å². The highest BCUT2D eigenvalue weighted by Gasteiger charge is 2.43. The number of nitrogens with one attached hydrogen (secondary N) is 1. The first-order valence-corrected chi connectivity index (χ1v) is 7.66. The van der Waals surface area contributed by atoms with E-state index in [9.17, 15) is 18.0 Å². The Morgan fingerprint density at radius 3 is 2.86 bits per heavy atom. The minimum absolute atomic E-state index is 0.0177. The monoisotopic (exact) mass is 313 g/mol. The SMILES string of the molecule is CC1=CCC2CSNC3C(C(F)(F)F)=CC=CC3=C2C1=O. The molecule has 3 rings (SSSR count). The Bertz CT molecular complexity index is 613. The Morgan fingerprint density at radius 2 is 2.14 bits per heavy atom. The summed E-state index contributed by atoms with van der Waals surface area (Å²) in [5, 5.41) is 0. The standard InChI is InChI=1S/C15H14F3NOS/c1-8-5-6-9-7-21-19-13-10(12(9)14(8)20)3-2-4-11(13)15(16,17)18/h2-5,9,13,19H,6-7H2,1H3. The van der Waals surface area contributed by atoms with E-state index in [1.807, 2.05) is 6.08 Å². The molecule has 0 amide bonds. The number of carbonyl (C=O) groups is 1. The number of hydrogen-bond acceptors (Lipinski definition) is 3. The Morgan fingerprint density at radius 1 is 1.38 bits per heavy atom. The fourth-order valence-electron chi connectivity index (χ4n) is 2.92. The number of halogens is 3. The highest BCUT2D eigenvalue weighted by molar-refractivity contribution is 7.97. The first-order valence-electron chi connectivity index (χ1n) is 6.68. The highest BCUT2D eigenvalue weighted by Crippen LogP contribution is 2.41. The third-order valence-corrected chi connectivity index (χ3v) is 4.99. The van der Waals surface area contributed by atoms with Crippen molar-refractivity contribution in [1.82, 2.24) is 4.72 Å². The lowest BCUT2D eigenvalue weighted by Gasteiger charge is -2.28. The largest absolute Gasteiger partial charge is 0.414 e. The summed E-state index contributed by atoms with van der Waals surface area (Å²) in [6.45, 7) is 1.72. The van der Waals surface area contributed by atoms with Crippen LogP contribution in [0.4, 0.5) is 13.2 Å². The molecular weight excluding hydrogens is 299 g/mol. The summed E-state index contributed by atoms with van der Waals surface area (Å²) in [6.07, 6.45) is 2.28. The molecule has 0 aromatic heterocycles. The highest BCUT2D eigenvalue weighted by atomic mass is 32.2. The zero-order valence-corrected chi connectivity index (χ0v) is 12.1. The maximum absolute atomic E-state index is 13.2. The molecule has 0 saturated heterocycles. The maximum atomic E-state index is 13.2. The molecule has 1 heterocycles. The molecule has 21 heavy (non-hydrogen) atoms. The van der Waals surface area contributed by atoms with Crippen LogP contribution in [0.15, 0.2) is 46.6 Å². The number of Topliss-reactive ketones (excluding diaryl/α,β-unsaturated/α-hetero) is 1. The minimum atomic E-state index is -4.41. The van der Waals surface area contributed by atoms with Crippen LogP contribution >= 0.6 is 11.9 Å². The van der Waals surface area contributed by atoms with Crippen molar-refractivity contribution >= 4 is 17.7 Å². The Balaban J connectivity index is 2.13. The number of allylic oxidation sites excluding steroid dienone is 5. The second-order valence-electron chi connectivity index (χ2n) is 5.36. The van der Waals surface area contributed by atoms with Crippen molar-refractivity contribution in [2.45, 2.75) is 25.6 Å². The third kappa shape index (κ3) is 2.51. The van der Waals surface area contributed by atoms with E-state index in [0.717, 1.165) is 6.08 Å². The number of hydrogen-bond donors (Lipinski definition) is 1. The van der Waals surface area contributed by atoms with Crippen molar-refractivity contribution in [3.63, 3.8) is 0 Å². The van der Waals surface area contributed by atoms with E-state index in [0.29, 0.717) is 28.9 Å². The molecule has 2 nitrogen and oxygen atoms in total. The molecule has 0 spiro atoms. The van der Waals surface area contributed by atoms with Gasteiger partial charge in [0.15, 0.2) is 5.78 Å². The van der Waals surface area contributed by atoms with Crippen molar-refractivity contribution in [2.24, 2.45) is 5.92 Å². The molecule has 0 saturated carbocycles. The van der Waals surface area contributed by atoms with Crippen LogP contribution in [-0.2, 0) is 4.79 Å². The van der Waals surface area contributed by atoms with Crippen LogP contribution in [0.1, 0.15) is 13.3 Å². The van der Waals surface area contributed by atoms with Gasteiger partial charge in [0.1, 0.15) is 0 Å². The fraction of sp³-hybridized carbons (Fsp3) is 0.400. The fourth-order valence-corrected chi connectivity index (χ4v) is 3.94. The lowest BCUT2D eigenvalue weighted by atomic mass is 9.78. The van der Waals surface area contributed by atoms with Gasteiger partial charge < -0.3 is 0 Å². The zero-order chi connectivity index (χ0) is 15.2. The lowest BCUT2D eigenvalue weighted by molar-refractivity contribution is -0.113. The maximum Gasteiger partial charge on any atom is 0.414 e. The van der Waals surface area contributed by atoms with Gasteiger partial charge in [-0.25, -0.2) is 0 Å². The summed E-state index contributed by atoms with van der Waals surface area (Å²) in [5.74, 6) is 0.462. The number of carbonyl (C=O) groups excluding carboxylic acids is 1. The number of ketones is 1. The van der Waals surface area contributed by atoms with Crippen LogP contribution in [0.25, 0.3) is 0 Å². The van der Waals surface area contributed by atoms with E-state index in [4.69, 9.17) is 0 Å². The molecule has 2 unspecified atom stereocenters. The van der Waals surface area contributed by atoms with Crippen LogP contribution in [-0.4, -0.2) is 23.8 Å². The molecule has 6 heteroatoms. The van der Waals surface area contributed by atoms with Crippen LogP contribution in [0.2, 0.25) is 0 Å². The molecule has 2 atom stereocenters. The zero-order valence-electron chi connectivity index (χ0n) is 11.3. The Hall–Kier alpha value is -1.27. The molecule has 0 aromatic rings. The molecular formula is C15H14F3NOS. The van der Waals surface area contributed by atoms with E-state index in [2.05, 4.69) is 4.72 Å². The van der Waals surface area contributed by atoms with Crippen molar-refractivity contribution in [2.75, 3.05) is 5.75 Å². The van der Waals surface area contributed by atoms with Gasteiger partial charge in [-0.3, -0.25) is 9.52 Å². The van der Waals surface area contributed by atoms with Crippen LogP contribution in [0.3, 0.4) is 0 Å². The average Bonchev–Trinajstić information content (AvgIpc) is 2.61. The van der Waals surface area contributed by atoms with Crippen LogP contribution in [0, 0.1) is 5.92 Å². The summed E-state index contributed by atoms with van der Waals surface area (Å²) in [5.41, 5.74) is 0.998. The van der Waals surface area contributed by atoms with Gasteiger partial charge in [-0.05, 0) is 24.5 Å². The summed E-state index contributed by atoms with van der Waals surface area (Å²) in [7, 11) is 0. The molecule has 3 aliphatic rings. The predicted octanol–water partition coefficient (Wildman–Crippen LogP) is 3.50. The van der Waals surface area contributed by atoms with E-state index < -0.39 is 17.8 Å². The van der Waals surface area contributed by atoms with E-state index in [-0.39, 0.29) is 11.7 Å². The summed E-state index contributed by atoms with van der Waals surface area (Å²) >= 11 is 1.26. The van der Waals surface area contributed by atoms with Crippen LogP contribution in [0.5, 0.6) is 0 Å². The van der Waals surface area contributed by atoms with E-state index in [1.54, 1.807) is 13.0 Å². The second-order valence-corrected chi connectivity index (χ2v) is 6.22. The first kappa shape index (κ1) is 14.7. The van der Waals surface area contributed by atoms with Crippen molar-refractivity contribution < 1.29 is 18.0 Å². The second kappa shape index (κ2) is 5.18. The minimum Gasteiger partial charge on any atom is -0.289 e. The molecule has 112 valence electrons. The van der Waals surface area contributed by atoms with Crippen molar-refractivity contribution in [3.05, 3.63) is 46.6 Å². The average molecular weight is 313 g/mol. The van der Waals surface area contributed by atoms with Crippen molar-refractivity contribution in [3.8, 4) is 0 Å². The molecule has 1 N–H and O–H groups in total. The summed E-state index contributed by atoms with van der Waals surface area (Å²) < 4.78 is 42.4. The van der Waals surface area contributed by atoms with E-state index >= 15 is 0 Å². The summed E-state index contributed by atoms with van der Waals surface area (Å²) in [6, 6.07) is -0.963. The quantitative estimate of drug-likeness (QED) is 0.694. The Labute approximate surface area is 125 Å². The van der Waals surface area contributed by atoms with Gasteiger partial charge in [0.05, 0.1) is 11.6 Å². The van der Waals surface area contributed by atoms with Gasteiger partial charge in [0.25, 0.3) is 0 Å². The molecule has 2 aliphatic carbocycles. The number of alkyl halides is 3. The van der Waals surface area contributed by atoms with Gasteiger partial charge >= 0.3 is 6.18 Å².